The lowest BCUT2D eigenvalue weighted by atomic mass is 9.95. The van der Waals surface area contributed by atoms with E-state index in [0.717, 1.165) is 12.7 Å². The number of methoxy groups -OCH3 is 1. The molecule has 1 heterocycles. The van der Waals surface area contributed by atoms with Crippen molar-refractivity contribution in [1.82, 2.24) is 14.9 Å². The smallest absolute Gasteiger partial charge is 0.475 e. The zero-order valence-corrected chi connectivity index (χ0v) is 25.1. The van der Waals surface area contributed by atoms with Crippen LogP contribution in [0.2, 0.25) is 0 Å². The number of aryl methyl sites for hydroxylation is 1. The Morgan fingerprint density at radius 3 is 2.27 bits per heavy atom. The van der Waals surface area contributed by atoms with Crippen molar-refractivity contribution >= 4 is 39.8 Å². The van der Waals surface area contributed by atoms with Gasteiger partial charge in [0.25, 0.3) is 0 Å². The van der Waals surface area contributed by atoms with E-state index >= 15 is 0 Å². The molecule has 3 rings (SSSR count). The fourth-order valence-corrected chi connectivity index (χ4v) is 5.53. The maximum absolute atomic E-state index is 12.8. The third kappa shape index (κ3) is 10.5. The minimum absolute atomic E-state index is 0.000782. The van der Waals surface area contributed by atoms with Crippen LogP contribution in [0.3, 0.4) is 0 Å². The van der Waals surface area contributed by atoms with Crippen LogP contribution in [0.1, 0.15) is 35.6 Å². The van der Waals surface area contributed by atoms with E-state index in [1.54, 1.807) is 56.4 Å². The normalized spacial score (nSPS) is 17.2. The van der Waals surface area contributed by atoms with Gasteiger partial charge in [-0.3, -0.25) is 15.0 Å². The predicted octanol–water partition coefficient (Wildman–Crippen LogP) is 1.82. The second-order valence-electron chi connectivity index (χ2n) is 9.68. The van der Waals surface area contributed by atoms with Gasteiger partial charge in [0.2, 0.25) is 15.9 Å². The molecule has 3 atom stereocenters. The number of sulfonamides is 1. The van der Waals surface area contributed by atoms with Crippen LogP contribution >= 0.6 is 0 Å². The summed E-state index contributed by atoms with van der Waals surface area (Å²) in [5, 5.41) is 17.2. The Kier molecular flexibility index (Phi) is 12.4. The van der Waals surface area contributed by atoms with E-state index in [1.807, 2.05) is 0 Å². The number of nitrogens with zero attached hydrogens (tertiary/aromatic N) is 1. The Hall–Kier alpha value is -4.71. The molecule has 0 aromatic heterocycles. The topological polar surface area (TPSA) is 218 Å². The second-order valence-corrected chi connectivity index (χ2v) is 11.4. The molecular weight excluding hydrogens is 627 g/mol. The van der Waals surface area contributed by atoms with Crippen LogP contribution in [0.15, 0.2) is 53.4 Å². The highest BCUT2D eigenvalue weighted by Gasteiger charge is 2.38. The number of ether oxygens (including phenoxy) is 2. The molecule has 246 valence electrons. The number of esters is 1. The number of rotatable bonds is 10. The van der Waals surface area contributed by atoms with Crippen molar-refractivity contribution < 1.29 is 55.3 Å². The van der Waals surface area contributed by atoms with Gasteiger partial charge in [-0.2, -0.15) is 17.9 Å². The van der Waals surface area contributed by atoms with E-state index in [2.05, 4.69) is 10.0 Å². The average Bonchev–Trinajstić information content (AvgIpc) is 2.96. The molecule has 0 spiro atoms. The molecule has 14 nitrogen and oxygen atoms in total. The number of alkyl halides is 3. The zero-order valence-electron chi connectivity index (χ0n) is 24.3. The molecule has 2 aromatic carbocycles. The predicted molar refractivity (Wildman–Crippen MR) is 151 cm³/mol. The van der Waals surface area contributed by atoms with E-state index < -0.39 is 52.3 Å². The number of nitrogens with two attached hydrogens (primary N) is 1. The molecule has 45 heavy (non-hydrogen) atoms. The summed E-state index contributed by atoms with van der Waals surface area (Å²) in [6.45, 7) is 1.25. The molecule has 2 amide bonds. The number of benzene rings is 2. The Labute approximate surface area is 256 Å². The molecule has 2 aromatic rings. The van der Waals surface area contributed by atoms with Crippen LogP contribution in [0.25, 0.3) is 0 Å². The van der Waals surface area contributed by atoms with Gasteiger partial charge >= 0.3 is 24.2 Å². The number of nitrogen functional groups attached to an aromatic ring is 1. The maximum Gasteiger partial charge on any atom is 0.490 e. The van der Waals surface area contributed by atoms with Gasteiger partial charge in [-0.1, -0.05) is 42.5 Å². The van der Waals surface area contributed by atoms with Crippen molar-refractivity contribution in [2.75, 3.05) is 20.7 Å². The lowest BCUT2D eigenvalue weighted by Crippen LogP contribution is -2.49. The number of carboxylic acids is 1. The van der Waals surface area contributed by atoms with Crippen LogP contribution < -0.4 is 15.8 Å². The van der Waals surface area contributed by atoms with E-state index in [-0.39, 0.29) is 29.7 Å². The molecule has 1 aliphatic heterocycles. The summed E-state index contributed by atoms with van der Waals surface area (Å²) in [6, 6.07) is 11.4. The molecular formula is C27H32F3N5O9S. The van der Waals surface area contributed by atoms with Crippen LogP contribution in [-0.4, -0.2) is 87.2 Å². The quantitative estimate of drug-likeness (QED) is 0.142. The van der Waals surface area contributed by atoms with Crippen LogP contribution in [-0.2, 0) is 33.9 Å². The SMILES string of the molecule is COC(=O)[C@H](CNC(=O)C[C@H]1C[C@@H](c2ccc(C(=N)N)cc2)N(C)C(=O)O1)NS(=O)(=O)c1ccccc1C.O=C(O)C(F)(F)F. The van der Waals surface area contributed by atoms with Gasteiger partial charge in [0, 0.05) is 25.6 Å². The number of carbonyl (C=O) groups is 4. The van der Waals surface area contributed by atoms with Crippen molar-refractivity contribution in [3.63, 3.8) is 0 Å². The first-order chi connectivity index (χ1) is 20.9. The fraction of sp³-hybridized carbons (Fsp3) is 0.370. The third-order valence-electron chi connectivity index (χ3n) is 6.44. The Bertz CT molecular complexity index is 1520. The lowest BCUT2D eigenvalue weighted by molar-refractivity contribution is -0.192. The lowest BCUT2D eigenvalue weighted by Gasteiger charge is -2.36. The molecule has 1 fully saturated rings. The molecule has 6 N–H and O–H groups in total. The summed E-state index contributed by atoms with van der Waals surface area (Å²) >= 11 is 0. The molecule has 1 saturated heterocycles. The summed E-state index contributed by atoms with van der Waals surface area (Å²) in [5.41, 5.74) is 7.32. The van der Waals surface area contributed by atoms with Gasteiger partial charge in [-0.15, -0.1) is 0 Å². The summed E-state index contributed by atoms with van der Waals surface area (Å²) in [6.07, 6.45) is -6.32. The number of carboxylic acid groups (broad SMARTS) is 1. The monoisotopic (exact) mass is 659 g/mol. The highest BCUT2D eigenvalue weighted by molar-refractivity contribution is 7.89. The molecule has 0 saturated carbocycles. The first-order valence-corrected chi connectivity index (χ1v) is 14.5. The van der Waals surface area contributed by atoms with Gasteiger partial charge in [-0.05, 0) is 24.1 Å². The maximum atomic E-state index is 12.8. The highest BCUT2D eigenvalue weighted by Crippen LogP contribution is 2.32. The number of hydrogen-bond donors (Lipinski definition) is 5. The van der Waals surface area contributed by atoms with Crippen LogP contribution in [0, 0.1) is 12.3 Å². The van der Waals surface area contributed by atoms with Crippen molar-refractivity contribution in [2.45, 2.75) is 49.0 Å². The van der Waals surface area contributed by atoms with Gasteiger partial charge in [0.1, 0.15) is 18.0 Å². The van der Waals surface area contributed by atoms with Gasteiger partial charge in [0.05, 0.1) is 24.5 Å². The number of halogens is 3. The van der Waals surface area contributed by atoms with Crippen LogP contribution in [0.5, 0.6) is 0 Å². The molecule has 0 bridgehead atoms. The number of amidine groups is 1. The van der Waals surface area contributed by atoms with Crippen molar-refractivity contribution in [3.8, 4) is 0 Å². The number of aliphatic carboxylic acids is 1. The number of cyclic esters (lactones) is 1. The minimum atomic E-state index is -5.08. The zero-order chi connectivity index (χ0) is 34.1. The first kappa shape index (κ1) is 36.5. The first-order valence-electron chi connectivity index (χ1n) is 13.0. The summed E-state index contributed by atoms with van der Waals surface area (Å²) in [4.78, 5) is 47.7. The number of hydrogen-bond acceptors (Lipinski definition) is 9. The van der Waals surface area contributed by atoms with Gasteiger partial charge in [0.15, 0.2) is 0 Å². The van der Waals surface area contributed by atoms with Crippen LogP contribution in [0.4, 0.5) is 18.0 Å². The fourth-order valence-electron chi connectivity index (χ4n) is 4.10. The van der Waals surface area contributed by atoms with E-state index in [4.69, 9.17) is 30.5 Å². The third-order valence-corrected chi connectivity index (χ3v) is 8.07. The van der Waals surface area contributed by atoms with Crippen molar-refractivity contribution in [3.05, 3.63) is 65.2 Å². The van der Waals surface area contributed by atoms with Gasteiger partial charge < -0.3 is 30.5 Å². The largest absolute Gasteiger partial charge is 0.490 e. The molecule has 0 aliphatic carbocycles. The minimum Gasteiger partial charge on any atom is -0.475 e. The summed E-state index contributed by atoms with van der Waals surface area (Å²) in [7, 11) is -1.38. The van der Waals surface area contributed by atoms with Crippen molar-refractivity contribution in [2.24, 2.45) is 5.73 Å². The summed E-state index contributed by atoms with van der Waals surface area (Å²) < 4.78 is 69.8. The number of carbonyl (C=O) groups excluding carboxylic acids is 3. The Morgan fingerprint density at radius 2 is 1.76 bits per heavy atom. The molecule has 1 aliphatic rings. The molecule has 18 heteroatoms. The second kappa shape index (κ2) is 15.3. The standard InChI is InChI=1S/C25H31N5O7S.C2HF3O2/c1-15-6-4-5-7-21(15)38(34,35)29-19(24(32)36-3)14-28-22(31)13-18-12-20(30(2)25(33)37-18)16-8-10-17(11-9-16)23(26)27;3-2(4,5)1(6)7/h4-11,18-20,29H,12-14H2,1-3H3,(H3,26,27)(H,28,31);(H,6,7)/t18-,19+,20+;/m1./s1. The Balaban J connectivity index is 0.000000900. The Morgan fingerprint density at radius 1 is 1.18 bits per heavy atom. The van der Waals surface area contributed by atoms with Crippen molar-refractivity contribution in [1.29, 1.82) is 5.41 Å². The van der Waals surface area contributed by atoms with E-state index in [1.165, 1.54) is 11.0 Å². The number of amides is 2. The van der Waals surface area contributed by atoms with E-state index in [0.29, 0.717) is 17.5 Å². The molecule has 0 radical (unpaired) electrons. The van der Waals surface area contributed by atoms with Gasteiger partial charge in [-0.25, -0.2) is 18.0 Å². The summed E-state index contributed by atoms with van der Waals surface area (Å²) in [5.74, 6) is -4.24. The highest BCUT2D eigenvalue weighted by atomic mass is 32.2. The average molecular weight is 660 g/mol. The molecule has 0 unspecified atom stereocenters. The number of nitrogens with one attached hydrogen (secondary N) is 3. The van der Waals surface area contributed by atoms with E-state index in [9.17, 15) is 36.0 Å².